The Labute approximate surface area is 151 Å². The lowest BCUT2D eigenvalue weighted by Crippen LogP contribution is -2.35. The Kier molecular flexibility index (Phi) is 6.95. The number of rotatable bonds is 7. The summed E-state index contributed by atoms with van der Waals surface area (Å²) in [4.78, 5) is 25.6. The number of amides is 1. The maximum Gasteiger partial charge on any atom is 0.307 e. The molecule has 0 aliphatic heterocycles. The van der Waals surface area contributed by atoms with E-state index in [1.807, 2.05) is 30.3 Å². The smallest absolute Gasteiger partial charge is 0.307 e. The fraction of sp³-hybridized carbons (Fsp3) is 0.263. The summed E-state index contributed by atoms with van der Waals surface area (Å²) in [5, 5.41) is 0.0489. The lowest BCUT2D eigenvalue weighted by Gasteiger charge is -2.23. The van der Waals surface area contributed by atoms with Gasteiger partial charge < -0.3 is 9.64 Å². The molecule has 4 nitrogen and oxygen atoms in total. The van der Waals surface area contributed by atoms with Gasteiger partial charge in [-0.15, -0.1) is 0 Å². The van der Waals surface area contributed by atoms with Crippen molar-refractivity contribution in [1.82, 2.24) is 4.90 Å². The van der Waals surface area contributed by atoms with E-state index in [0.717, 1.165) is 5.56 Å². The molecule has 0 saturated heterocycles. The molecule has 1 amide bonds. The van der Waals surface area contributed by atoms with Crippen molar-refractivity contribution in [2.24, 2.45) is 0 Å². The van der Waals surface area contributed by atoms with Gasteiger partial charge in [-0.3, -0.25) is 9.59 Å². The van der Waals surface area contributed by atoms with Crippen LogP contribution >= 0.6 is 11.6 Å². The highest BCUT2D eigenvalue weighted by molar-refractivity contribution is 6.33. The molecule has 2 aromatic carbocycles. The number of carbonyl (C=O) groups excluding carboxylic acids is 2. The van der Waals surface area contributed by atoms with Gasteiger partial charge in [0, 0.05) is 13.1 Å². The number of carbonyl (C=O) groups is 2. The van der Waals surface area contributed by atoms with Crippen LogP contribution in [0.15, 0.2) is 48.5 Å². The normalized spacial score (nSPS) is 10.4. The van der Waals surface area contributed by atoms with E-state index in [4.69, 9.17) is 11.6 Å². The molecule has 0 atom stereocenters. The van der Waals surface area contributed by atoms with Gasteiger partial charge in [-0.2, -0.15) is 0 Å². The van der Waals surface area contributed by atoms with Gasteiger partial charge in [0.1, 0.15) is 5.82 Å². The van der Waals surface area contributed by atoms with Gasteiger partial charge in [0.25, 0.3) is 5.91 Å². The molecule has 0 heterocycles. The molecular formula is C19H19ClFNO3. The fourth-order valence-electron chi connectivity index (χ4n) is 2.41. The summed E-state index contributed by atoms with van der Waals surface area (Å²) < 4.78 is 18.7. The molecule has 132 valence electrons. The first-order chi connectivity index (χ1) is 12.0. The summed E-state index contributed by atoms with van der Waals surface area (Å²) in [5.41, 5.74) is 0.861. The van der Waals surface area contributed by atoms with Crippen molar-refractivity contribution in [2.75, 3.05) is 20.2 Å². The molecule has 0 aliphatic carbocycles. The second-order valence-electron chi connectivity index (χ2n) is 5.45. The third kappa shape index (κ3) is 5.29. The van der Waals surface area contributed by atoms with Gasteiger partial charge in [-0.05, 0) is 24.1 Å². The van der Waals surface area contributed by atoms with Crippen molar-refractivity contribution in [3.8, 4) is 0 Å². The van der Waals surface area contributed by atoms with Crippen LogP contribution in [0.2, 0.25) is 5.02 Å². The van der Waals surface area contributed by atoms with Crippen LogP contribution in [0, 0.1) is 5.82 Å². The van der Waals surface area contributed by atoms with E-state index < -0.39 is 17.7 Å². The van der Waals surface area contributed by atoms with Crippen LogP contribution in [0.25, 0.3) is 0 Å². The number of hydrogen-bond acceptors (Lipinski definition) is 3. The Morgan fingerprint density at radius 1 is 1.08 bits per heavy atom. The van der Waals surface area contributed by atoms with E-state index >= 15 is 0 Å². The third-order valence-corrected chi connectivity index (χ3v) is 4.11. The molecule has 2 aromatic rings. The first-order valence-corrected chi connectivity index (χ1v) is 8.24. The van der Waals surface area contributed by atoms with Gasteiger partial charge in [-0.25, -0.2) is 4.39 Å². The highest BCUT2D eigenvalue weighted by atomic mass is 35.5. The lowest BCUT2D eigenvalue weighted by atomic mass is 10.1. The minimum Gasteiger partial charge on any atom is -0.469 e. The van der Waals surface area contributed by atoms with E-state index in [2.05, 4.69) is 4.74 Å². The molecule has 0 spiro atoms. The van der Waals surface area contributed by atoms with Crippen LogP contribution in [0.3, 0.4) is 0 Å². The number of hydrogen-bond donors (Lipinski definition) is 0. The Hall–Kier alpha value is -2.40. The summed E-state index contributed by atoms with van der Waals surface area (Å²) in [6.45, 7) is 0.466. The zero-order valence-corrected chi connectivity index (χ0v) is 14.6. The van der Waals surface area contributed by atoms with E-state index in [0.29, 0.717) is 13.0 Å². The summed E-state index contributed by atoms with van der Waals surface area (Å²) in [6.07, 6.45) is 0.614. The second kappa shape index (κ2) is 9.18. The molecule has 0 aromatic heterocycles. The molecule has 0 saturated carbocycles. The quantitative estimate of drug-likeness (QED) is 0.704. The van der Waals surface area contributed by atoms with Gasteiger partial charge in [-0.1, -0.05) is 48.0 Å². The van der Waals surface area contributed by atoms with Crippen molar-refractivity contribution in [1.29, 1.82) is 0 Å². The van der Waals surface area contributed by atoms with Gasteiger partial charge in [0.15, 0.2) is 0 Å². The summed E-state index contributed by atoms with van der Waals surface area (Å²) in [7, 11) is 1.28. The molecule has 0 radical (unpaired) electrons. The predicted octanol–water partition coefficient (Wildman–Crippen LogP) is 3.73. The largest absolute Gasteiger partial charge is 0.469 e. The maximum absolute atomic E-state index is 14.1. The first-order valence-electron chi connectivity index (χ1n) is 7.87. The van der Waals surface area contributed by atoms with Crippen molar-refractivity contribution in [3.05, 3.63) is 70.5 Å². The van der Waals surface area contributed by atoms with Crippen molar-refractivity contribution < 1.29 is 18.7 Å². The summed E-state index contributed by atoms with van der Waals surface area (Å²) in [6, 6.07) is 13.7. The van der Waals surface area contributed by atoms with Crippen LogP contribution in [-0.2, 0) is 16.0 Å². The van der Waals surface area contributed by atoms with Crippen LogP contribution in [0.5, 0.6) is 0 Å². The van der Waals surface area contributed by atoms with Crippen molar-refractivity contribution >= 4 is 23.5 Å². The van der Waals surface area contributed by atoms with E-state index in [1.54, 1.807) is 0 Å². The molecule has 0 fully saturated rings. The van der Waals surface area contributed by atoms with Crippen molar-refractivity contribution in [3.63, 3.8) is 0 Å². The monoisotopic (exact) mass is 363 g/mol. The van der Waals surface area contributed by atoms with Gasteiger partial charge >= 0.3 is 5.97 Å². The number of nitrogens with zero attached hydrogens (tertiary/aromatic N) is 1. The molecular weight excluding hydrogens is 345 g/mol. The summed E-state index contributed by atoms with van der Waals surface area (Å²) in [5.74, 6) is -1.65. The SMILES string of the molecule is COC(=O)CCN(CCc1ccccc1)C(=O)c1c(F)cccc1Cl. The maximum atomic E-state index is 14.1. The van der Waals surface area contributed by atoms with E-state index in [1.165, 1.54) is 30.2 Å². The molecule has 6 heteroatoms. The Morgan fingerprint density at radius 2 is 1.80 bits per heavy atom. The zero-order chi connectivity index (χ0) is 18.2. The minimum absolute atomic E-state index is 0.0309. The standard InChI is InChI=1S/C19H19ClFNO3/c1-25-17(23)11-13-22(12-10-14-6-3-2-4-7-14)19(24)18-15(20)8-5-9-16(18)21/h2-9H,10-13H2,1H3. The van der Waals surface area contributed by atoms with Crippen LogP contribution in [0.4, 0.5) is 4.39 Å². The molecule has 25 heavy (non-hydrogen) atoms. The Balaban J connectivity index is 2.17. The Bertz CT molecular complexity index is 716. The van der Waals surface area contributed by atoms with E-state index in [-0.39, 0.29) is 23.6 Å². The average Bonchev–Trinajstić information content (AvgIpc) is 2.62. The lowest BCUT2D eigenvalue weighted by molar-refractivity contribution is -0.140. The highest BCUT2D eigenvalue weighted by Gasteiger charge is 2.22. The molecule has 0 aliphatic rings. The van der Waals surface area contributed by atoms with Crippen LogP contribution in [0.1, 0.15) is 22.3 Å². The zero-order valence-electron chi connectivity index (χ0n) is 13.9. The summed E-state index contributed by atoms with van der Waals surface area (Å²) >= 11 is 6.00. The second-order valence-corrected chi connectivity index (χ2v) is 5.86. The van der Waals surface area contributed by atoms with Crippen molar-refractivity contribution in [2.45, 2.75) is 12.8 Å². The molecule has 0 bridgehead atoms. The molecule has 2 rings (SSSR count). The predicted molar refractivity (Wildman–Crippen MR) is 94.1 cm³/mol. The average molecular weight is 364 g/mol. The number of halogens is 2. The number of benzene rings is 2. The van der Waals surface area contributed by atoms with E-state index in [9.17, 15) is 14.0 Å². The third-order valence-electron chi connectivity index (χ3n) is 3.79. The molecule has 0 unspecified atom stereocenters. The Morgan fingerprint density at radius 3 is 2.44 bits per heavy atom. The first kappa shape index (κ1) is 18.9. The highest BCUT2D eigenvalue weighted by Crippen LogP contribution is 2.21. The van der Waals surface area contributed by atoms with Crippen LogP contribution < -0.4 is 0 Å². The van der Waals surface area contributed by atoms with Crippen LogP contribution in [-0.4, -0.2) is 37.0 Å². The molecule has 0 N–H and O–H groups in total. The number of methoxy groups -OCH3 is 1. The topological polar surface area (TPSA) is 46.6 Å². The number of ether oxygens (including phenoxy) is 1. The fourth-order valence-corrected chi connectivity index (χ4v) is 2.66. The van der Waals surface area contributed by atoms with Gasteiger partial charge in [0.05, 0.1) is 24.1 Å². The minimum atomic E-state index is -0.680. The van der Waals surface area contributed by atoms with Gasteiger partial charge in [0.2, 0.25) is 0 Å². The number of esters is 1.